The highest BCUT2D eigenvalue weighted by Gasteiger charge is 2.23. The van der Waals surface area contributed by atoms with E-state index in [0.717, 1.165) is 0 Å². The molecule has 0 aromatic carbocycles. The van der Waals surface area contributed by atoms with Gasteiger partial charge in [-0.2, -0.15) is 0 Å². The van der Waals surface area contributed by atoms with Gasteiger partial charge >= 0.3 is 5.97 Å². The number of aromatic carboxylic acids is 1. The second kappa shape index (κ2) is 3.34. The largest absolute Gasteiger partial charge is 0.475 e. The fourth-order valence-electron chi connectivity index (χ4n) is 1.49. The zero-order valence-corrected chi connectivity index (χ0v) is 8.17. The first-order valence-electron chi connectivity index (χ1n) is 4.50. The first-order chi connectivity index (χ1) is 7.08. The molecule has 1 amide bonds. The number of nitrogens with zero attached hydrogens (tertiary/aromatic N) is 4. The molecular weight excluding hydrogens is 200 g/mol. The number of carbonyl (C=O) groups excluding carboxylic acids is 1. The summed E-state index contributed by atoms with van der Waals surface area (Å²) in [6, 6.07) is 0. The first kappa shape index (κ1) is 9.63. The standard InChI is InChI=1S/C8H10N4O3/c1-5(13)11-2-3-12-6(4-11)9-7(10-12)8(14)15/h2-4H2,1H3,(H,14,15). The summed E-state index contributed by atoms with van der Waals surface area (Å²) in [7, 11) is 0. The van der Waals surface area contributed by atoms with Crippen LogP contribution in [0.15, 0.2) is 0 Å². The molecular formula is C8H10N4O3. The molecule has 0 saturated carbocycles. The van der Waals surface area contributed by atoms with Gasteiger partial charge in [-0.1, -0.05) is 0 Å². The molecule has 7 heteroatoms. The van der Waals surface area contributed by atoms with Gasteiger partial charge in [0.15, 0.2) is 0 Å². The van der Waals surface area contributed by atoms with Gasteiger partial charge in [-0.05, 0) is 0 Å². The third-order valence-electron chi connectivity index (χ3n) is 2.30. The molecule has 2 heterocycles. The summed E-state index contributed by atoms with van der Waals surface area (Å²) in [4.78, 5) is 27.2. The van der Waals surface area contributed by atoms with Gasteiger partial charge in [-0.25, -0.2) is 14.5 Å². The minimum atomic E-state index is -1.15. The number of fused-ring (bicyclic) bond motifs is 1. The second-order valence-electron chi connectivity index (χ2n) is 3.32. The smallest absolute Gasteiger partial charge is 0.375 e. The summed E-state index contributed by atoms with van der Waals surface area (Å²) >= 11 is 0. The maximum atomic E-state index is 11.1. The average molecular weight is 210 g/mol. The summed E-state index contributed by atoms with van der Waals surface area (Å²) < 4.78 is 1.53. The van der Waals surface area contributed by atoms with Crippen LogP contribution >= 0.6 is 0 Å². The van der Waals surface area contributed by atoms with Gasteiger partial charge in [-0.15, -0.1) is 5.10 Å². The van der Waals surface area contributed by atoms with E-state index >= 15 is 0 Å². The lowest BCUT2D eigenvalue weighted by atomic mass is 10.3. The Hall–Kier alpha value is -1.92. The molecule has 1 aliphatic heterocycles. The number of rotatable bonds is 1. The summed E-state index contributed by atoms with van der Waals surface area (Å²) in [5.41, 5.74) is 0. The van der Waals surface area contributed by atoms with Crippen molar-refractivity contribution in [1.82, 2.24) is 19.7 Å². The lowest BCUT2D eigenvalue weighted by Gasteiger charge is -2.25. The fraction of sp³-hybridized carbons (Fsp3) is 0.500. The second-order valence-corrected chi connectivity index (χ2v) is 3.32. The maximum absolute atomic E-state index is 11.1. The van der Waals surface area contributed by atoms with Crippen molar-refractivity contribution < 1.29 is 14.7 Å². The minimum Gasteiger partial charge on any atom is -0.475 e. The van der Waals surface area contributed by atoms with Crippen molar-refractivity contribution in [3.05, 3.63) is 11.6 Å². The molecule has 0 spiro atoms. The van der Waals surface area contributed by atoms with E-state index < -0.39 is 5.97 Å². The monoisotopic (exact) mass is 210 g/mol. The fourth-order valence-corrected chi connectivity index (χ4v) is 1.49. The molecule has 1 N–H and O–H groups in total. The van der Waals surface area contributed by atoms with E-state index in [1.54, 1.807) is 4.90 Å². The van der Waals surface area contributed by atoms with Crippen molar-refractivity contribution in [2.24, 2.45) is 0 Å². The number of hydrogen-bond donors (Lipinski definition) is 1. The van der Waals surface area contributed by atoms with Gasteiger partial charge in [0.2, 0.25) is 5.91 Å². The Kier molecular flexibility index (Phi) is 2.14. The normalized spacial score (nSPS) is 14.9. The summed E-state index contributed by atoms with van der Waals surface area (Å²) in [5.74, 6) is -0.878. The summed E-state index contributed by atoms with van der Waals surface area (Å²) in [6.45, 7) is 2.85. The summed E-state index contributed by atoms with van der Waals surface area (Å²) in [5, 5.41) is 12.5. The first-order valence-corrected chi connectivity index (χ1v) is 4.50. The number of hydrogen-bond acceptors (Lipinski definition) is 4. The Morgan fingerprint density at radius 2 is 2.13 bits per heavy atom. The molecule has 1 aromatic rings. The number of carbonyl (C=O) groups is 2. The van der Waals surface area contributed by atoms with Crippen LogP contribution in [0.3, 0.4) is 0 Å². The van der Waals surface area contributed by atoms with Crippen LogP contribution in [-0.4, -0.2) is 43.2 Å². The summed E-state index contributed by atoms with van der Waals surface area (Å²) in [6.07, 6.45) is 0. The molecule has 0 bridgehead atoms. The molecule has 0 radical (unpaired) electrons. The van der Waals surface area contributed by atoms with E-state index in [9.17, 15) is 9.59 Å². The predicted molar refractivity (Wildman–Crippen MR) is 48.1 cm³/mol. The van der Waals surface area contributed by atoms with Gasteiger partial charge < -0.3 is 10.0 Å². The van der Waals surface area contributed by atoms with E-state index in [2.05, 4.69) is 10.1 Å². The molecule has 0 fully saturated rings. The van der Waals surface area contributed by atoms with Crippen LogP contribution in [0.2, 0.25) is 0 Å². The van der Waals surface area contributed by atoms with Crippen molar-refractivity contribution in [2.75, 3.05) is 6.54 Å². The van der Waals surface area contributed by atoms with Crippen LogP contribution in [0.4, 0.5) is 0 Å². The predicted octanol–water partition coefficient (Wildman–Crippen LogP) is -0.662. The molecule has 2 rings (SSSR count). The van der Waals surface area contributed by atoms with Gasteiger partial charge in [-0.3, -0.25) is 4.79 Å². The SMILES string of the molecule is CC(=O)N1CCn2nc(C(=O)O)nc2C1. The van der Waals surface area contributed by atoms with Crippen LogP contribution in [0.25, 0.3) is 0 Å². The zero-order chi connectivity index (χ0) is 11.0. The van der Waals surface area contributed by atoms with Gasteiger partial charge in [0.1, 0.15) is 5.82 Å². The Balaban J connectivity index is 2.26. The van der Waals surface area contributed by atoms with Crippen LogP contribution in [0, 0.1) is 0 Å². The highest BCUT2D eigenvalue weighted by Crippen LogP contribution is 2.10. The quantitative estimate of drug-likeness (QED) is 0.664. The van der Waals surface area contributed by atoms with Crippen molar-refractivity contribution in [2.45, 2.75) is 20.0 Å². The molecule has 7 nitrogen and oxygen atoms in total. The molecule has 0 atom stereocenters. The third kappa shape index (κ3) is 1.67. The van der Waals surface area contributed by atoms with E-state index in [1.807, 2.05) is 0 Å². The number of carboxylic acids is 1. The van der Waals surface area contributed by atoms with Crippen LogP contribution in [0.5, 0.6) is 0 Å². The number of amides is 1. The van der Waals surface area contributed by atoms with E-state index in [0.29, 0.717) is 25.5 Å². The molecule has 1 aromatic heterocycles. The van der Waals surface area contributed by atoms with Crippen LogP contribution in [-0.2, 0) is 17.9 Å². The van der Waals surface area contributed by atoms with Crippen LogP contribution in [0.1, 0.15) is 23.4 Å². The van der Waals surface area contributed by atoms with Gasteiger partial charge in [0.25, 0.3) is 5.82 Å². The molecule has 0 aliphatic carbocycles. The highest BCUT2D eigenvalue weighted by molar-refractivity contribution is 5.83. The lowest BCUT2D eigenvalue weighted by molar-refractivity contribution is -0.130. The molecule has 80 valence electrons. The van der Waals surface area contributed by atoms with Crippen molar-refractivity contribution in [3.63, 3.8) is 0 Å². The Morgan fingerprint density at radius 3 is 2.73 bits per heavy atom. The molecule has 15 heavy (non-hydrogen) atoms. The number of carboxylic acid groups (broad SMARTS) is 1. The molecule has 0 unspecified atom stereocenters. The molecule has 1 aliphatic rings. The lowest BCUT2D eigenvalue weighted by Crippen LogP contribution is -2.37. The number of aromatic nitrogens is 3. The van der Waals surface area contributed by atoms with E-state index in [4.69, 9.17) is 5.11 Å². The van der Waals surface area contributed by atoms with E-state index in [1.165, 1.54) is 11.6 Å². The van der Waals surface area contributed by atoms with Crippen molar-refractivity contribution >= 4 is 11.9 Å². The molecule has 0 saturated heterocycles. The third-order valence-corrected chi connectivity index (χ3v) is 2.30. The van der Waals surface area contributed by atoms with Crippen molar-refractivity contribution in [3.8, 4) is 0 Å². The topological polar surface area (TPSA) is 88.3 Å². The maximum Gasteiger partial charge on any atom is 0.375 e. The zero-order valence-electron chi connectivity index (χ0n) is 8.17. The Bertz CT molecular complexity index is 426. The highest BCUT2D eigenvalue weighted by atomic mass is 16.4. The Labute approximate surface area is 85.3 Å². The minimum absolute atomic E-state index is 0.0406. The van der Waals surface area contributed by atoms with Crippen molar-refractivity contribution in [1.29, 1.82) is 0 Å². The van der Waals surface area contributed by atoms with Gasteiger partial charge in [0.05, 0.1) is 13.1 Å². The van der Waals surface area contributed by atoms with Gasteiger partial charge in [0, 0.05) is 13.5 Å². The van der Waals surface area contributed by atoms with E-state index in [-0.39, 0.29) is 11.7 Å². The van der Waals surface area contributed by atoms with Crippen LogP contribution < -0.4 is 0 Å². The Morgan fingerprint density at radius 1 is 1.40 bits per heavy atom. The average Bonchev–Trinajstić information content (AvgIpc) is 2.59.